The predicted molar refractivity (Wildman–Crippen MR) is 52.0 cm³/mol. The number of phosphoric acid groups is 1. The summed E-state index contributed by atoms with van der Waals surface area (Å²) in [5.41, 5.74) is 5.19. The minimum atomic E-state index is -4.64. The van der Waals surface area contributed by atoms with E-state index in [9.17, 15) is 4.79 Å². The summed E-state index contributed by atoms with van der Waals surface area (Å²) in [4.78, 5) is 35.3. The second-order valence-corrected chi connectivity index (χ2v) is 3.35. The van der Waals surface area contributed by atoms with E-state index in [0.29, 0.717) is 0 Å². The second-order valence-electron chi connectivity index (χ2n) is 2.33. The van der Waals surface area contributed by atoms with Crippen molar-refractivity contribution in [2.75, 3.05) is 7.05 Å². The van der Waals surface area contributed by atoms with E-state index in [1.54, 1.807) is 0 Å². The first-order valence-electron chi connectivity index (χ1n) is 3.57. The van der Waals surface area contributed by atoms with E-state index in [2.05, 4.69) is 10.3 Å². The minimum Gasteiger partial charge on any atom is -0.480 e. The Morgan fingerprint density at radius 3 is 2.00 bits per heavy atom. The van der Waals surface area contributed by atoms with Crippen LogP contribution in [0.15, 0.2) is 4.99 Å². The van der Waals surface area contributed by atoms with Crippen LogP contribution in [0.2, 0.25) is 0 Å². The Hall–Kier alpha value is -1.15. The zero-order valence-corrected chi connectivity index (χ0v) is 9.05. The van der Waals surface area contributed by atoms with Gasteiger partial charge in [0.2, 0.25) is 0 Å². The first-order valence-corrected chi connectivity index (χ1v) is 5.14. The minimum absolute atomic E-state index is 0.134. The Kier molecular flexibility index (Phi) is 7.80. The number of carboxylic acid groups (broad SMARTS) is 1. The van der Waals surface area contributed by atoms with Crippen molar-refractivity contribution in [3.63, 3.8) is 0 Å². The van der Waals surface area contributed by atoms with Gasteiger partial charge in [0.15, 0.2) is 5.96 Å². The average Bonchev–Trinajstić information content (AvgIpc) is 2.00. The molecular weight excluding hydrogens is 229 g/mol. The fraction of sp³-hybridized carbons (Fsp3) is 0.600. The fourth-order valence-electron chi connectivity index (χ4n) is 0.348. The molecule has 0 saturated heterocycles. The maximum atomic E-state index is 10.2. The number of rotatable bonds is 2. The molecule has 9 nitrogen and oxygen atoms in total. The van der Waals surface area contributed by atoms with Gasteiger partial charge in [-0.05, 0) is 6.92 Å². The highest BCUT2D eigenvalue weighted by Crippen LogP contribution is 2.25. The van der Waals surface area contributed by atoms with Crippen molar-refractivity contribution in [1.29, 1.82) is 0 Å². The van der Waals surface area contributed by atoms with E-state index < -0.39 is 19.8 Å². The molecule has 0 aliphatic carbocycles. The molecule has 0 aromatic heterocycles. The number of nitrogens with two attached hydrogens (primary N) is 1. The van der Waals surface area contributed by atoms with Gasteiger partial charge in [-0.1, -0.05) is 0 Å². The molecule has 1 unspecified atom stereocenters. The van der Waals surface area contributed by atoms with Gasteiger partial charge in [-0.15, -0.1) is 0 Å². The normalized spacial score (nSPS) is 13.5. The Bertz CT molecular complexity index is 266. The lowest BCUT2D eigenvalue weighted by molar-refractivity contribution is -0.138. The Morgan fingerprint density at radius 1 is 1.47 bits per heavy atom. The van der Waals surface area contributed by atoms with Gasteiger partial charge in [0.25, 0.3) is 0 Å². The van der Waals surface area contributed by atoms with Crippen LogP contribution < -0.4 is 11.1 Å². The van der Waals surface area contributed by atoms with Crippen LogP contribution in [0.4, 0.5) is 0 Å². The third-order valence-corrected chi connectivity index (χ3v) is 0.976. The number of aliphatic imine (C=N–C) groups is 1. The maximum absolute atomic E-state index is 10.2. The molecular formula is C5H14N3O6P. The largest absolute Gasteiger partial charge is 0.480 e. The van der Waals surface area contributed by atoms with Gasteiger partial charge in [-0.2, -0.15) is 0 Å². The Balaban J connectivity index is 0. The molecule has 0 heterocycles. The molecule has 0 bridgehead atoms. The smallest absolute Gasteiger partial charge is 0.466 e. The molecule has 0 fully saturated rings. The van der Waals surface area contributed by atoms with E-state index in [4.69, 9.17) is 30.1 Å². The van der Waals surface area contributed by atoms with E-state index in [1.807, 2.05) is 0 Å². The molecule has 0 aromatic rings. The fourth-order valence-corrected chi connectivity index (χ4v) is 0.348. The molecule has 1 atom stereocenters. The summed E-state index contributed by atoms with van der Waals surface area (Å²) < 4.78 is 8.88. The van der Waals surface area contributed by atoms with Gasteiger partial charge in [0.1, 0.15) is 6.04 Å². The summed E-state index contributed by atoms with van der Waals surface area (Å²) in [6.07, 6.45) is 0. The lowest BCUT2D eigenvalue weighted by atomic mass is 10.3. The third-order valence-electron chi connectivity index (χ3n) is 0.976. The number of carboxylic acids is 1. The molecule has 15 heavy (non-hydrogen) atoms. The van der Waals surface area contributed by atoms with Crippen LogP contribution in [-0.4, -0.2) is 44.8 Å². The molecule has 90 valence electrons. The van der Waals surface area contributed by atoms with Crippen molar-refractivity contribution < 1.29 is 29.1 Å². The van der Waals surface area contributed by atoms with Crippen LogP contribution in [-0.2, 0) is 9.36 Å². The molecule has 0 radical (unpaired) electrons. The van der Waals surface area contributed by atoms with Crippen LogP contribution in [0.25, 0.3) is 0 Å². The highest BCUT2D eigenvalue weighted by atomic mass is 31.2. The van der Waals surface area contributed by atoms with Gasteiger partial charge in [-0.25, -0.2) is 4.57 Å². The zero-order chi connectivity index (χ0) is 12.6. The van der Waals surface area contributed by atoms with Gasteiger partial charge >= 0.3 is 13.8 Å². The van der Waals surface area contributed by atoms with Crippen LogP contribution in [0.5, 0.6) is 0 Å². The highest BCUT2D eigenvalue weighted by molar-refractivity contribution is 7.45. The highest BCUT2D eigenvalue weighted by Gasteiger charge is 2.09. The topological polar surface area (TPSA) is 165 Å². The first-order chi connectivity index (χ1) is 6.57. The summed E-state index contributed by atoms with van der Waals surface area (Å²) in [5.74, 6) is -0.818. The molecule has 0 aromatic carbocycles. The Morgan fingerprint density at radius 2 is 1.80 bits per heavy atom. The van der Waals surface area contributed by atoms with Gasteiger partial charge in [-0.3, -0.25) is 9.79 Å². The molecule has 0 spiro atoms. The van der Waals surface area contributed by atoms with Gasteiger partial charge in [0.05, 0.1) is 0 Å². The zero-order valence-electron chi connectivity index (χ0n) is 8.15. The van der Waals surface area contributed by atoms with E-state index >= 15 is 0 Å². The lowest BCUT2D eigenvalue weighted by Crippen LogP contribution is -2.42. The average molecular weight is 243 g/mol. The van der Waals surface area contributed by atoms with E-state index in [1.165, 1.54) is 14.0 Å². The van der Waals surface area contributed by atoms with Crippen molar-refractivity contribution in [2.24, 2.45) is 10.7 Å². The molecule has 0 aliphatic heterocycles. The van der Waals surface area contributed by atoms with Crippen molar-refractivity contribution in [3.8, 4) is 0 Å². The van der Waals surface area contributed by atoms with Crippen molar-refractivity contribution in [1.82, 2.24) is 5.32 Å². The molecule has 10 heteroatoms. The molecule has 0 saturated carbocycles. The van der Waals surface area contributed by atoms with E-state index in [-0.39, 0.29) is 5.96 Å². The molecule has 0 amide bonds. The molecule has 0 aliphatic rings. The van der Waals surface area contributed by atoms with E-state index in [0.717, 1.165) is 0 Å². The lowest BCUT2D eigenvalue weighted by Gasteiger charge is -2.07. The number of nitrogens with one attached hydrogen (secondary N) is 1. The summed E-state index contributed by atoms with van der Waals surface area (Å²) in [7, 11) is -3.16. The first kappa shape index (κ1) is 16.3. The monoisotopic (exact) mass is 243 g/mol. The summed E-state index contributed by atoms with van der Waals surface area (Å²) in [6, 6.07) is -0.691. The predicted octanol–water partition coefficient (Wildman–Crippen LogP) is -1.93. The van der Waals surface area contributed by atoms with Crippen molar-refractivity contribution in [2.45, 2.75) is 13.0 Å². The van der Waals surface area contributed by atoms with Crippen LogP contribution in [0.1, 0.15) is 6.92 Å². The van der Waals surface area contributed by atoms with Crippen molar-refractivity contribution in [3.05, 3.63) is 0 Å². The summed E-state index contributed by atoms with van der Waals surface area (Å²) in [5, 5.41) is 10.8. The maximum Gasteiger partial charge on any atom is 0.466 e. The quantitative estimate of drug-likeness (QED) is 0.185. The van der Waals surface area contributed by atoms with Crippen molar-refractivity contribution >= 4 is 19.8 Å². The van der Waals surface area contributed by atoms with Crippen LogP contribution >= 0.6 is 7.82 Å². The Labute approximate surface area is 85.9 Å². The summed E-state index contributed by atoms with van der Waals surface area (Å²) in [6.45, 7) is 1.49. The number of carbonyl (C=O) groups is 1. The van der Waals surface area contributed by atoms with Gasteiger partial charge in [0, 0.05) is 7.05 Å². The number of hydrogen-bond acceptors (Lipinski definition) is 3. The second kappa shape index (κ2) is 7.18. The number of hydrogen-bond donors (Lipinski definition) is 6. The standard InChI is InChI=1S/C5H11N3O2.H3O4P/c1-3(4(9)10)8-5(6)7-2;1-5(2,3)4/h3H,1-2H3,(H,9,10)(H3,6,7,8);(H3,1,2,3,4). The molecule has 7 N–H and O–H groups in total. The third kappa shape index (κ3) is 19.3. The number of aliphatic carboxylic acids is 1. The van der Waals surface area contributed by atoms with Crippen LogP contribution in [0.3, 0.4) is 0 Å². The summed E-state index contributed by atoms with van der Waals surface area (Å²) >= 11 is 0. The SMILES string of the molecule is CN=C(N)NC(C)C(=O)O.O=P(O)(O)O. The molecule has 0 rings (SSSR count). The number of guanidine groups is 1. The van der Waals surface area contributed by atoms with Crippen LogP contribution in [0, 0.1) is 0 Å². The van der Waals surface area contributed by atoms with Gasteiger partial charge < -0.3 is 30.8 Å². The number of nitrogens with zero attached hydrogens (tertiary/aromatic N) is 1.